The molecule has 0 aliphatic heterocycles. The number of anilines is 3. The van der Waals surface area contributed by atoms with Crippen molar-refractivity contribution in [3.8, 4) is 0 Å². The van der Waals surface area contributed by atoms with Gasteiger partial charge in [-0.2, -0.15) is 0 Å². The van der Waals surface area contributed by atoms with Crippen LogP contribution in [0.15, 0.2) is 48.5 Å². The predicted octanol–water partition coefficient (Wildman–Crippen LogP) is 3.75. The van der Waals surface area contributed by atoms with Gasteiger partial charge in [0.25, 0.3) is 0 Å². The molecular weight excluding hydrogens is 284 g/mol. The molecule has 2 N–H and O–H groups in total. The van der Waals surface area contributed by atoms with Crippen LogP contribution in [0.4, 0.5) is 17.1 Å². The van der Waals surface area contributed by atoms with E-state index in [9.17, 15) is 8.42 Å². The highest BCUT2D eigenvalue weighted by atomic mass is 32.2. The third-order valence-electron chi connectivity index (χ3n) is 3.19. The number of hydrogen-bond donors (Lipinski definition) is 2. The Morgan fingerprint density at radius 3 is 1.76 bits per heavy atom. The topological polar surface area (TPSA) is 58.2 Å². The molecule has 5 heteroatoms. The van der Waals surface area contributed by atoms with Crippen molar-refractivity contribution in [3.63, 3.8) is 0 Å². The summed E-state index contributed by atoms with van der Waals surface area (Å²) in [5.74, 6) is 0.0662. The highest BCUT2D eigenvalue weighted by molar-refractivity contribution is 7.92. The molecule has 0 heterocycles. The summed E-state index contributed by atoms with van der Waals surface area (Å²) in [5, 5.41) is 3.28. The first-order valence-corrected chi connectivity index (χ1v) is 8.64. The lowest BCUT2D eigenvalue weighted by Crippen LogP contribution is -2.14. The summed E-state index contributed by atoms with van der Waals surface area (Å²) in [6, 6.07) is 15.4. The summed E-state index contributed by atoms with van der Waals surface area (Å²) in [6.45, 7) is 3.73. The zero-order valence-corrected chi connectivity index (χ0v) is 13.1. The van der Waals surface area contributed by atoms with E-state index < -0.39 is 10.0 Å². The van der Waals surface area contributed by atoms with Crippen molar-refractivity contribution >= 4 is 27.1 Å². The van der Waals surface area contributed by atoms with Gasteiger partial charge < -0.3 is 5.32 Å². The third-order valence-corrected chi connectivity index (χ3v) is 4.50. The second-order valence-corrected chi connectivity index (χ2v) is 6.77. The van der Waals surface area contributed by atoms with Crippen LogP contribution in [-0.2, 0) is 16.4 Å². The van der Waals surface area contributed by atoms with E-state index in [1.165, 1.54) is 5.56 Å². The highest BCUT2D eigenvalue weighted by Crippen LogP contribution is 2.20. The lowest BCUT2D eigenvalue weighted by molar-refractivity contribution is 0.602. The van der Waals surface area contributed by atoms with Crippen molar-refractivity contribution in [2.75, 3.05) is 15.8 Å². The number of sulfonamides is 1. The molecule has 0 spiro atoms. The van der Waals surface area contributed by atoms with Crippen LogP contribution in [0.2, 0.25) is 0 Å². The van der Waals surface area contributed by atoms with E-state index in [2.05, 4.69) is 29.1 Å². The van der Waals surface area contributed by atoms with Crippen LogP contribution in [-0.4, -0.2) is 14.2 Å². The molecule has 0 amide bonds. The molecule has 0 atom stereocenters. The summed E-state index contributed by atoms with van der Waals surface area (Å²) in [4.78, 5) is 0. The second-order valence-electron chi connectivity index (χ2n) is 4.76. The molecule has 0 saturated heterocycles. The van der Waals surface area contributed by atoms with Crippen LogP contribution in [0.1, 0.15) is 19.4 Å². The van der Waals surface area contributed by atoms with Crippen molar-refractivity contribution in [1.82, 2.24) is 0 Å². The van der Waals surface area contributed by atoms with E-state index in [1.54, 1.807) is 19.1 Å². The molecule has 21 heavy (non-hydrogen) atoms. The van der Waals surface area contributed by atoms with Gasteiger partial charge in [-0.25, -0.2) is 8.42 Å². The molecule has 0 radical (unpaired) electrons. The molecule has 0 saturated carbocycles. The SMILES string of the molecule is CCc1ccc(Nc2ccc(NS(=O)(=O)CC)cc2)cc1. The van der Waals surface area contributed by atoms with Crippen LogP contribution in [0.25, 0.3) is 0 Å². The second kappa shape index (κ2) is 6.63. The maximum absolute atomic E-state index is 11.5. The molecule has 4 nitrogen and oxygen atoms in total. The Morgan fingerprint density at radius 2 is 1.29 bits per heavy atom. The van der Waals surface area contributed by atoms with E-state index in [0.717, 1.165) is 17.8 Å². The molecule has 0 fully saturated rings. The first kappa shape index (κ1) is 15.4. The average Bonchev–Trinajstić information content (AvgIpc) is 2.50. The Labute approximate surface area is 126 Å². The summed E-state index contributed by atoms with van der Waals surface area (Å²) >= 11 is 0. The van der Waals surface area contributed by atoms with Gasteiger partial charge in [0.15, 0.2) is 0 Å². The number of aryl methyl sites for hydroxylation is 1. The van der Waals surface area contributed by atoms with Crippen molar-refractivity contribution in [3.05, 3.63) is 54.1 Å². The standard InChI is InChI=1S/C16H20N2O2S/c1-3-13-5-7-14(8-6-13)17-15-9-11-16(12-10-15)18-21(19,20)4-2/h5-12,17-18H,3-4H2,1-2H3. The molecule has 0 unspecified atom stereocenters. The fourth-order valence-corrected chi connectivity index (χ4v) is 2.50. The molecule has 0 bridgehead atoms. The molecule has 0 aromatic heterocycles. The van der Waals surface area contributed by atoms with E-state index in [0.29, 0.717) is 5.69 Å². The van der Waals surface area contributed by atoms with Crippen LogP contribution in [0.5, 0.6) is 0 Å². The van der Waals surface area contributed by atoms with E-state index in [-0.39, 0.29) is 5.75 Å². The summed E-state index contributed by atoms with van der Waals surface area (Å²) in [7, 11) is -3.22. The normalized spacial score (nSPS) is 11.1. The van der Waals surface area contributed by atoms with Crippen molar-refractivity contribution in [2.24, 2.45) is 0 Å². The largest absolute Gasteiger partial charge is 0.356 e. The van der Waals surface area contributed by atoms with Gasteiger partial charge in [0, 0.05) is 17.1 Å². The minimum absolute atomic E-state index is 0.0662. The molecule has 2 aromatic rings. The minimum Gasteiger partial charge on any atom is -0.356 e. The quantitative estimate of drug-likeness (QED) is 0.854. The minimum atomic E-state index is -3.22. The van der Waals surface area contributed by atoms with Crippen molar-refractivity contribution in [1.29, 1.82) is 0 Å². The van der Waals surface area contributed by atoms with Gasteiger partial charge in [-0.3, -0.25) is 4.72 Å². The molecule has 0 aliphatic rings. The fourth-order valence-electron chi connectivity index (χ4n) is 1.86. The van der Waals surface area contributed by atoms with E-state index in [4.69, 9.17) is 0 Å². The Balaban J connectivity index is 2.05. The Morgan fingerprint density at radius 1 is 0.810 bits per heavy atom. The van der Waals surface area contributed by atoms with Crippen LogP contribution < -0.4 is 10.0 Å². The van der Waals surface area contributed by atoms with Gasteiger partial charge in [0.1, 0.15) is 0 Å². The Kier molecular flexibility index (Phi) is 4.85. The number of nitrogens with one attached hydrogen (secondary N) is 2. The zero-order valence-electron chi connectivity index (χ0n) is 12.3. The van der Waals surface area contributed by atoms with Gasteiger partial charge >= 0.3 is 0 Å². The van der Waals surface area contributed by atoms with Gasteiger partial charge in [-0.1, -0.05) is 19.1 Å². The lowest BCUT2D eigenvalue weighted by atomic mass is 10.1. The zero-order chi connectivity index (χ0) is 15.3. The van der Waals surface area contributed by atoms with Crippen LogP contribution in [0.3, 0.4) is 0 Å². The van der Waals surface area contributed by atoms with Gasteiger partial charge in [-0.05, 0) is 55.3 Å². The highest BCUT2D eigenvalue weighted by Gasteiger charge is 2.06. The van der Waals surface area contributed by atoms with Crippen LogP contribution in [0, 0.1) is 0 Å². The molecular formula is C16H20N2O2S. The number of rotatable bonds is 6. The number of benzene rings is 2. The first-order chi connectivity index (χ1) is 10.0. The monoisotopic (exact) mass is 304 g/mol. The van der Waals surface area contributed by atoms with Crippen molar-refractivity contribution < 1.29 is 8.42 Å². The predicted molar refractivity (Wildman–Crippen MR) is 88.6 cm³/mol. The summed E-state index contributed by atoms with van der Waals surface area (Å²) < 4.78 is 25.5. The first-order valence-electron chi connectivity index (χ1n) is 6.99. The maximum atomic E-state index is 11.5. The summed E-state index contributed by atoms with van der Waals surface area (Å²) in [5.41, 5.74) is 3.79. The number of hydrogen-bond acceptors (Lipinski definition) is 3. The van der Waals surface area contributed by atoms with E-state index in [1.807, 2.05) is 24.3 Å². The van der Waals surface area contributed by atoms with Gasteiger partial charge in [0.2, 0.25) is 10.0 Å². The Hall–Kier alpha value is -2.01. The molecule has 112 valence electrons. The smallest absolute Gasteiger partial charge is 0.232 e. The average molecular weight is 304 g/mol. The van der Waals surface area contributed by atoms with Gasteiger partial charge in [0.05, 0.1) is 5.75 Å². The van der Waals surface area contributed by atoms with E-state index >= 15 is 0 Å². The molecule has 2 rings (SSSR count). The van der Waals surface area contributed by atoms with Crippen molar-refractivity contribution in [2.45, 2.75) is 20.3 Å². The third kappa shape index (κ3) is 4.49. The molecule has 2 aromatic carbocycles. The lowest BCUT2D eigenvalue weighted by Gasteiger charge is -2.09. The van der Waals surface area contributed by atoms with Gasteiger partial charge in [-0.15, -0.1) is 0 Å². The Bertz CT molecular complexity index is 677. The summed E-state index contributed by atoms with van der Waals surface area (Å²) in [6.07, 6.45) is 1.02. The fraction of sp³-hybridized carbons (Fsp3) is 0.250. The van der Waals surface area contributed by atoms with Crippen LogP contribution >= 0.6 is 0 Å². The molecule has 0 aliphatic carbocycles. The maximum Gasteiger partial charge on any atom is 0.232 e.